The van der Waals surface area contributed by atoms with Gasteiger partial charge in [0.1, 0.15) is 17.6 Å². The van der Waals surface area contributed by atoms with Crippen LogP contribution >= 0.6 is 0 Å². The minimum Gasteiger partial charge on any atom is -0.495 e. The van der Waals surface area contributed by atoms with Crippen molar-refractivity contribution in [2.75, 3.05) is 20.8 Å². The van der Waals surface area contributed by atoms with E-state index in [1.165, 1.54) is 0 Å². The fourth-order valence-corrected chi connectivity index (χ4v) is 2.56. The van der Waals surface area contributed by atoms with Gasteiger partial charge in [-0.2, -0.15) is 0 Å². The van der Waals surface area contributed by atoms with Crippen LogP contribution in [0.25, 0.3) is 21.8 Å². The lowest BCUT2D eigenvalue weighted by molar-refractivity contribution is 0.0933. The zero-order valence-corrected chi connectivity index (χ0v) is 11.8. The number of methoxy groups -OCH3 is 2. The number of aliphatic hydroxyl groups is 2. The molecule has 2 heterocycles. The molecule has 3 rings (SSSR count). The number of aliphatic hydroxyl groups excluding tert-OH is 2. The standard InChI is InChI=1S/C15H16N2O4/c1-20-10-5-3-4-8-12-11(21-2)6-16-14(9(19)7-18)15(12)17-13(8)10/h3-6,9,17-19H,7H2,1-2H3. The predicted octanol–water partition coefficient (Wildman–Crippen LogP) is 1.76. The van der Waals surface area contributed by atoms with Crippen molar-refractivity contribution in [3.63, 3.8) is 0 Å². The van der Waals surface area contributed by atoms with Crippen LogP contribution in [0.15, 0.2) is 24.4 Å². The van der Waals surface area contributed by atoms with Crippen LogP contribution in [0.2, 0.25) is 0 Å². The number of aromatic nitrogens is 2. The van der Waals surface area contributed by atoms with Gasteiger partial charge in [0, 0.05) is 5.39 Å². The second kappa shape index (κ2) is 5.23. The number of H-pyrrole nitrogens is 1. The van der Waals surface area contributed by atoms with Crippen molar-refractivity contribution in [3.8, 4) is 11.5 Å². The Morgan fingerprint density at radius 1 is 1.19 bits per heavy atom. The van der Waals surface area contributed by atoms with E-state index in [2.05, 4.69) is 9.97 Å². The number of rotatable bonds is 4. The van der Waals surface area contributed by atoms with Gasteiger partial charge in [0.25, 0.3) is 0 Å². The molecule has 6 nitrogen and oxygen atoms in total. The monoisotopic (exact) mass is 288 g/mol. The summed E-state index contributed by atoms with van der Waals surface area (Å²) in [6, 6.07) is 5.67. The van der Waals surface area contributed by atoms with E-state index in [-0.39, 0.29) is 0 Å². The Labute approximate surface area is 120 Å². The molecular formula is C15H16N2O4. The molecule has 3 aromatic rings. The third-order valence-electron chi connectivity index (χ3n) is 3.55. The van der Waals surface area contributed by atoms with E-state index >= 15 is 0 Å². The highest BCUT2D eigenvalue weighted by Gasteiger charge is 2.20. The average Bonchev–Trinajstić information content (AvgIpc) is 2.92. The first kappa shape index (κ1) is 13.7. The van der Waals surface area contributed by atoms with Crippen molar-refractivity contribution in [3.05, 3.63) is 30.1 Å². The van der Waals surface area contributed by atoms with E-state index in [4.69, 9.17) is 9.47 Å². The summed E-state index contributed by atoms with van der Waals surface area (Å²) >= 11 is 0. The summed E-state index contributed by atoms with van der Waals surface area (Å²) in [5.41, 5.74) is 1.81. The van der Waals surface area contributed by atoms with Crippen molar-refractivity contribution < 1.29 is 19.7 Å². The van der Waals surface area contributed by atoms with Gasteiger partial charge in [-0.05, 0) is 6.07 Å². The normalized spacial score (nSPS) is 12.8. The predicted molar refractivity (Wildman–Crippen MR) is 78.7 cm³/mol. The number of nitrogens with zero attached hydrogens (tertiary/aromatic N) is 1. The third-order valence-corrected chi connectivity index (χ3v) is 3.55. The summed E-state index contributed by atoms with van der Waals surface area (Å²) in [6.45, 7) is -0.402. The van der Waals surface area contributed by atoms with Gasteiger partial charge in [0.15, 0.2) is 0 Å². The van der Waals surface area contributed by atoms with Gasteiger partial charge in [-0.1, -0.05) is 12.1 Å². The molecule has 0 spiro atoms. The highest BCUT2D eigenvalue weighted by Crippen LogP contribution is 2.38. The van der Waals surface area contributed by atoms with Crippen molar-refractivity contribution >= 4 is 21.8 Å². The number of nitrogens with one attached hydrogen (secondary N) is 1. The molecule has 0 amide bonds. The fraction of sp³-hybridized carbons (Fsp3) is 0.267. The van der Waals surface area contributed by atoms with Crippen LogP contribution in [0, 0.1) is 0 Å². The summed E-state index contributed by atoms with van der Waals surface area (Å²) in [4.78, 5) is 7.41. The largest absolute Gasteiger partial charge is 0.495 e. The Balaban J connectivity index is 2.45. The first-order valence-electron chi connectivity index (χ1n) is 6.51. The molecular weight excluding hydrogens is 272 g/mol. The number of benzene rings is 1. The second-order valence-corrected chi connectivity index (χ2v) is 4.67. The minimum absolute atomic E-state index is 0.381. The zero-order valence-electron chi connectivity index (χ0n) is 11.8. The average molecular weight is 288 g/mol. The van der Waals surface area contributed by atoms with Crippen LogP contribution in [0.4, 0.5) is 0 Å². The Bertz CT molecular complexity index is 797. The molecule has 0 saturated carbocycles. The summed E-state index contributed by atoms with van der Waals surface area (Å²) in [5, 5.41) is 20.8. The lowest BCUT2D eigenvalue weighted by atomic mass is 10.1. The molecule has 0 aliphatic rings. The van der Waals surface area contributed by atoms with Crippen molar-refractivity contribution in [2.24, 2.45) is 0 Å². The van der Waals surface area contributed by atoms with Crippen LogP contribution in [0.3, 0.4) is 0 Å². The number of ether oxygens (including phenoxy) is 2. The third kappa shape index (κ3) is 2.00. The highest BCUT2D eigenvalue weighted by atomic mass is 16.5. The number of aromatic amines is 1. The van der Waals surface area contributed by atoms with E-state index in [1.807, 2.05) is 18.2 Å². The first-order chi connectivity index (χ1) is 10.2. The van der Waals surface area contributed by atoms with Gasteiger partial charge >= 0.3 is 0 Å². The van der Waals surface area contributed by atoms with Gasteiger partial charge in [-0.25, -0.2) is 0 Å². The molecule has 1 atom stereocenters. The molecule has 3 N–H and O–H groups in total. The van der Waals surface area contributed by atoms with Crippen molar-refractivity contribution in [1.82, 2.24) is 9.97 Å². The Morgan fingerprint density at radius 2 is 1.95 bits per heavy atom. The highest BCUT2D eigenvalue weighted by molar-refractivity contribution is 6.12. The van der Waals surface area contributed by atoms with E-state index in [0.29, 0.717) is 22.7 Å². The van der Waals surface area contributed by atoms with Gasteiger partial charge in [-0.3, -0.25) is 4.98 Å². The van der Waals surface area contributed by atoms with Crippen molar-refractivity contribution in [2.45, 2.75) is 6.10 Å². The Morgan fingerprint density at radius 3 is 2.62 bits per heavy atom. The van der Waals surface area contributed by atoms with E-state index < -0.39 is 12.7 Å². The summed E-state index contributed by atoms with van der Waals surface area (Å²) in [5.74, 6) is 1.29. The smallest absolute Gasteiger partial charge is 0.147 e. The quantitative estimate of drug-likeness (QED) is 0.681. The van der Waals surface area contributed by atoms with E-state index in [1.54, 1.807) is 20.4 Å². The summed E-state index contributed by atoms with van der Waals surface area (Å²) in [7, 11) is 3.16. The molecule has 2 aromatic heterocycles. The van der Waals surface area contributed by atoms with Crippen LogP contribution in [0.1, 0.15) is 11.8 Å². The van der Waals surface area contributed by atoms with Gasteiger partial charge in [0.05, 0.1) is 49.1 Å². The molecule has 1 unspecified atom stereocenters. The van der Waals surface area contributed by atoms with Gasteiger partial charge in [0.2, 0.25) is 0 Å². The zero-order chi connectivity index (χ0) is 15.0. The molecule has 1 aromatic carbocycles. The second-order valence-electron chi connectivity index (χ2n) is 4.67. The molecule has 21 heavy (non-hydrogen) atoms. The summed E-state index contributed by atoms with van der Waals surface area (Å²) in [6.07, 6.45) is 0.487. The lowest BCUT2D eigenvalue weighted by Crippen LogP contribution is -2.06. The van der Waals surface area contributed by atoms with Crippen molar-refractivity contribution in [1.29, 1.82) is 0 Å². The molecule has 0 aliphatic carbocycles. The molecule has 110 valence electrons. The number of hydrogen-bond acceptors (Lipinski definition) is 5. The van der Waals surface area contributed by atoms with E-state index in [9.17, 15) is 10.2 Å². The fourth-order valence-electron chi connectivity index (χ4n) is 2.56. The molecule has 0 bridgehead atoms. The minimum atomic E-state index is -1.06. The van der Waals surface area contributed by atoms with Crippen LogP contribution < -0.4 is 9.47 Å². The van der Waals surface area contributed by atoms with E-state index in [0.717, 1.165) is 16.3 Å². The maximum atomic E-state index is 9.94. The molecule has 0 fully saturated rings. The number of fused-ring (bicyclic) bond motifs is 3. The van der Waals surface area contributed by atoms with Gasteiger partial charge in [-0.15, -0.1) is 0 Å². The van der Waals surface area contributed by atoms with Gasteiger partial charge < -0.3 is 24.7 Å². The summed E-state index contributed by atoms with van der Waals surface area (Å²) < 4.78 is 10.7. The molecule has 0 radical (unpaired) electrons. The molecule has 6 heteroatoms. The van der Waals surface area contributed by atoms with Crippen LogP contribution in [0.5, 0.6) is 11.5 Å². The van der Waals surface area contributed by atoms with Crippen LogP contribution in [-0.2, 0) is 0 Å². The lowest BCUT2D eigenvalue weighted by Gasteiger charge is -2.09. The Kier molecular flexibility index (Phi) is 3.40. The maximum absolute atomic E-state index is 9.94. The first-order valence-corrected chi connectivity index (χ1v) is 6.51. The molecule has 0 saturated heterocycles. The number of hydrogen-bond donors (Lipinski definition) is 3. The maximum Gasteiger partial charge on any atom is 0.147 e. The number of pyridine rings is 1. The van der Waals surface area contributed by atoms with Crippen LogP contribution in [-0.4, -0.2) is 41.0 Å². The Hall–Kier alpha value is -2.31. The topological polar surface area (TPSA) is 87.6 Å². The molecule has 0 aliphatic heterocycles. The number of para-hydroxylation sites is 1. The SMILES string of the molecule is COc1cccc2c1[nH]c1c(C(O)CO)ncc(OC)c12.